The van der Waals surface area contributed by atoms with Crippen LogP contribution in [-0.2, 0) is 9.53 Å². The van der Waals surface area contributed by atoms with E-state index in [1.165, 1.54) is 6.42 Å². The first-order chi connectivity index (χ1) is 12.6. The third-order valence-corrected chi connectivity index (χ3v) is 5.54. The third kappa shape index (κ3) is 5.43. The summed E-state index contributed by atoms with van der Waals surface area (Å²) in [6.45, 7) is 4.25. The van der Waals surface area contributed by atoms with Crippen molar-refractivity contribution in [3.8, 4) is 0 Å². The van der Waals surface area contributed by atoms with Crippen molar-refractivity contribution in [2.75, 3.05) is 25.1 Å². The van der Waals surface area contributed by atoms with Crippen LogP contribution in [0.5, 0.6) is 0 Å². The van der Waals surface area contributed by atoms with Gasteiger partial charge in [0.15, 0.2) is 0 Å². The number of rotatable bonds is 4. The molecule has 1 aromatic rings. The van der Waals surface area contributed by atoms with Gasteiger partial charge in [-0.3, -0.25) is 9.59 Å². The number of hydrogen-bond donors (Lipinski definition) is 2. The summed E-state index contributed by atoms with van der Waals surface area (Å²) in [7, 11) is 0. The summed E-state index contributed by atoms with van der Waals surface area (Å²) in [6.07, 6.45) is 4.94. The van der Waals surface area contributed by atoms with Crippen molar-refractivity contribution in [1.29, 1.82) is 0 Å². The Balaban J connectivity index is 0.00000261. The van der Waals surface area contributed by atoms with Crippen LogP contribution in [0.2, 0.25) is 0 Å². The first-order valence-electron chi connectivity index (χ1n) is 9.61. The van der Waals surface area contributed by atoms with Crippen LogP contribution in [-0.4, -0.2) is 48.6 Å². The average Bonchev–Trinajstić information content (AvgIpc) is 2.68. The standard InChI is InChI=1S/C20H29N3O3.ClH/c1-14-4-2-3-11-23(14)20(25)16-5-7-17(8-6-16)22-19(24)18(21)15-9-12-26-13-10-15;/h5-8,14-15,18H,2-4,9-13,21H2,1H3,(H,22,24);1H. The maximum Gasteiger partial charge on any atom is 0.254 e. The van der Waals surface area contributed by atoms with Crippen LogP contribution in [0, 0.1) is 5.92 Å². The van der Waals surface area contributed by atoms with Gasteiger partial charge in [-0.15, -0.1) is 12.4 Å². The molecule has 2 unspecified atom stereocenters. The lowest BCUT2D eigenvalue weighted by atomic mass is 9.92. The van der Waals surface area contributed by atoms with Crippen molar-refractivity contribution in [2.45, 2.75) is 51.1 Å². The molecule has 2 saturated heterocycles. The van der Waals surface area contributed by atoms with E-state index < -0.39 is 6.04 Å². The smallest absolute Gasteiger partial charge is 0.254 e. The molecule has 0 bridgehead atoms. The number of carbonyl (C=O) groups excluding carboxylic acids is 2. The maximum atomic E-state index is 12.7. The summed E-state index contributed by atoms with van der Waals surface area (Å²) in [6, 6.07) is 6.85. The quantitative estimate of drug-likeness (QED) is 0.820. The average molecular weight is 396 g/mol. The summed E-state index contributed by atoms with van der Waals surface area (Å²) < 4.78 is 5.32. The second-order valence-corrected chi connectivity index (χ2v) is 7.39. The van der Waals surface area contributed by atoms with Gasteiger partial charge in [0.2, 0.25) is 5.91 Å². The monoisotopic (exact) mass is 395 g/mol. The number of anilines is 1. The Morgan fingerprint density at radius 2 is 1.81 bits per heavy atom. The number of carbonyl (C=O) groups is 2. The lowest BCUT2D eigenvalue weighted by molar-refractivity contribution is -0.119. The minimum atomic E-state index is -0.533. The minimum absolute atomic E-state index is 0. The third-order valence-electron chi connectivity index (χ3n) is 5.54. The molecule has 150 valence electrons. The van der Waals surface area contributed by atoms with Gasteiger partial charge in [0.25, 0.3) is 5.91 Å². The van der Waals surface area contributed by atoms with Gasteiger partial charge in [0.1, 0.15) is 0 Å². The molecule has 2 fully saturated rings. The minimum Gasteiger partial charge on any atom is -0.381 e. The number of nitrogens with one attached hydrogen (secondary N) is 1. The Labute approximate surface area is 167 Å². The van der Waals surface area contributed by atoms with Gasteiger partial charge < -0.3 is 20.7 Å². The molecule has 0 radical (unpaired) electrons. The Kier molecular flexibility index (Phi) is 8.07. The maximum absolute atomic E-state index is 12.7. The molecule has 0 spiro atoms. The predicted octanol–water partition coefficient (Wildman–Crippen LogP) is 2.82. The second-order valence-electron chi connectivity index (χ2n) is 7.39. The summed E-state index contributed by atoms with van der Waals surface area (Å²) in [5.74, 6) is 0.0415. The van der Waals surface area contributed by atoms with Gasteiger partial charge in [-0.1, -0.05) is 0 Å². The Morgan fingerprint density at radius 3 is 2.44 bits per heavy atom. The molecule has 2 aliphatic heterocycles. The van der Waals surface area contributed by atoms with Crippen LogP contribution in [0.4, 0.5) is 5.69 Å². The van der Waals surface area contributed by atoms with Crippen molar-refractivity contribution >= 4 is 29.9 Å². The molecule has 6 nitrogen and oxygen atoms in total. The van der Waals surface area contributed by atoms with E-state index in [9.17, 15) is 9.59 Å². The van der Waals surface area contributed by atoms with Crippen LogP contribution in [0.1, 0.15) is 49.4 Å². The normalized spacial score (nSPS) is 21.9. The van der Waals surface area contributed by atoms with Gasteiger partial charge in [-0.05, 0) is 69.2 Å². The van der Waals surface area contributed by atoms with Crippen molar-refractivity contribution in [3.05, 3.63) is 29.8 Å². The highest BCUT2D eigenvalue weighted by Crippen LogP contribution is 2.21. The van der Waals surface area contributed by atoms with E-state index in [-0.39, 0.29) is 36.2 Å². The zero-order valence-corrected chi connectivity index (χ0v) is 16.7. The molecule has 0 aliphatic carbocycles. The molecule has 2 aliphatic rings. The van der Waals surface area contributed by atoms with E-state index in [0.717, 1.165) is 32.2 Å². The van der Waals surface area contributed by atoms with E-state index in [1.54, 1.807) is 24.3 Å². The molecule has 2 amide bonds. The largest absolute Gasteiger partial charge is 0.381 e. The van der Waals surface area contributed by atoms with Gasteiger partial charge in [0.05, 0.1) is 6.04 Å². The summed E-state index contributed by atoms with van der Waals surface area (Å²) in [5, 5.41) is 2.86. The Bertz CT molecular complexity index is 632. The fourth-order valence-electron chi connectivity index (χ4n) is 3.78. The Morgan fingerprint density at radius 1 is 1.15 bits per heavy atom. The molecule has 0 saturated carbocycles. The summed E-state index contributed by atoms with van der Waals surface area (Å²) in [4.78, 5) is 27.0. The SMILES string of the molecule is CC1CCCCN1C(=O)c1ccc(NC(=O)C(N)C2CCOCC2)cc1.Cl. The highest BCUT2D eigenvalue weighted by molar-refractivity contribution is 5.97. The first-order valence-corrected chi connectivity index (χ1v) is 9.61. The molecule has 0 aromatic heterocycles. The number of halogens is 1. The van der Waals surface area contributed by atoms with Crippen LogP contribution < -0.4 is 11.1 Å². The zero-order chi connectivity index (χ0) is 18.5. The van der Waals surface area contributed by atoms with Gasteiger partial charge in [-0.25, -0.2) is 0 Å². The van der Waals surface area contributed by atoms with Gasteiger partial charge in [-0.2, -0.15) is 0 Å². The fourth-order valence-corrected chi connectivity index (χ4v) is 3.78. The molecule has 3 N–H and O–H groups in total. The Hall–Kier alpha value is -1.63. The number of ether oxygens (including phenoxy) is 1. The van der Waals surface area contributed by atoms with E-state index in [1.807, 2.05) is 4.90 Å². The number of piperidine rings is 1. The number of benzene rings is 1. The second kappa shape index (κ2) is 10.1. The van der Waals surface area contributed by atoms with E-state index in [0.29, 0.717) is 24.5 Å². The molecular formula is C20H30ClN3O3. The molecule has 2 atom stereocenters. The summed E-state index contributed by atoms with van der Waals surface area (Å²) >= 11 is 0. The van der Waals surface area contributed by atoms with Crippen molar-refractivity contribution in [2.24, 2.45) is 11.7 Å². The number of hydrogen-bond acceptors (Lipinski definition) is 4. The highest BCUT2D eigenvalue weighted by Gasteiger charge is 2.27. The van der Waals surface area contributed by atoms with E-state index in [2.05, 4.69) is 12.2 Å². The highest BCUT2D eigenvalue weighted by atomic mass is 35.5. The number of nitrogens with zero attached hydrogens (tertiary/aromatic N) is 1. The van der Waals surface area contributed by atoms with Gasteiger partial charge >= 0.3 is 0 Å². The molecule has 2 heterocycles. The van der Waals surface area contributed by atoms with Crippen LogP contribution >= 0.6 is 12.4 Å². The number of likely N-dealkylation sites (tertiary alicyclic amines) is 1. The molecule has 7 heteroatoms. The number of nitrogens with two attached hydrogens (primary N) is 1. The zero-order valence-electron chi connectivity index (χ0n) is 15.9. The lowest BCUT2D eigenvalue weighted by Gasteiger charge is -2.33. The molecule has 1 aromatic carbocycles. The lowest BCUT2D eigenvalue weighted by Crippen LogP contribution is -2.44. The van der Waals surface area contributed by atoms with Crippen molar-refractivity contribution in [1.82, 2.24) is 4.90 Å². The summed E-state index contributed by atoms with van der Waals surface area (Å²) in [5.41, 5.74) is 7.43. The van der Waals surface area contributed by atoms with Gasteiger partial charge in [0, 0.05) is 37.1 Å². The number of amides is 2. The molecule has 3 rings (SSSR count). The molecule has 27 heavy (non-hydrogen) atoms. The molecular weight excluding hydrogens is 366 g/mol. The van der Waals surface area contributed by atoms with E-state index in [4.69, 9.17) is 10.5 Å². The van der Waals surface area contributed by atoms with Crippen molar-refractivity contribution < 1.29 is 14.3 Å². The first kappa shape index (κ1) is 21.7. The van der Waals surface area contributed by atoms with Crippen LogP contribution in [0.25, 0.3) is 0 Å². The van der Waals surface area contributed by atoms with Crippen LogP contribution in [0.15, 0.2) is 24.3 Å². The predicted molar refractivity (Wildman–Crippen MR) is 108 cm³/mol. The van der Waals surface area contributed by atoms with Crippen molar-refractivity contribution in [3.63, 3.8) is 0 Å². The van der Waals surface area contributed by atoms with E-state index >= 15 is 0 Å². The fraction of sp³-hybridized carbons (Fsp3) is 0.600. The van der Waals surface area contributed by atoms with Crippen LogP contribution in [0.3, 0.4) is 0 Å². The topological polar surface area (TPSA) is 84.7 Å².